The minimum atomic E-state index is -4.80. The highest BCUT2D eigenvalue weighted by Gasteiger charge is 2.57. The number of hydrogen-bond acceptors (Lipinski definition) is 3. The molecule has 1 aliphatic carbocycles. The average molecular weight is 248 g/mol. The Morgan fingerprint density at radius 1 is 1.47 bits per heavy atom. The maximum Gasteiger partial charge on any atom is 0.417 e. The average Bonchev–Trinajstić information content (AvgIpc) is 2.66. The minimum Gasteiger partial charge on any atom is -0.469 e. The molecule has 0 amide bonds. The van der Waals surface area contributed by atoms with Gasteiger partial charge < -0.3 is 9.52 Å². The first-order valence-corrected chi connectivity index (χ1v) is 5.16. The fraction of sp³-hybridized carbons (Fsp3) is 0.545. The van der Waals surface area contributed by atoms with Gasteiger partial charge in [-0.15, -0.1) is 0 Å². The van der Waals surface area contributed by atoms with E-state index in [-0.39, 0.29) is 6.42 Å². The fourth-order valence-corrected chi connectivity index (χ4v) is 2.17. The first-order valence-electron chi connectivity index (χ1n) is 5.16. The minimum absolute atomic E-state index is 0.0219. The number of aliphatic hydroxyl groups is 1. The van der Waals surface area contributed by atoms with E-state index >= 15 is 0 Å². The van der Waals surface area contributed by atoms with Crippen LogP contribution < -0.4 is 0 Å². The Hall–Kier alpha value is -1.30. The second-order valence-corrected chi connectivity index (χ2v) is 4.37. The number of carbonyl (C=O) groups excluding carboxylic acids is 1. The molecule has 0 aromatic carbocycles. The lowest BCUT2D eigenvalue weighted by Crippen LogP contribution is -2.50. The van der Waals surface area contributed by atoms with Gasteiger partial charge in [0.15, 0.2) is 5.60 Å². The lowest BCUT2D eigenvalue weighted by atomic mass is 9.76. The van der Waals surface area contributed by atoms with Gasteiger partial charge in [0.1, 0.15) is 11.5 Å². The summed E-state index contributed by atoms with van der Waals surface area (Å²) in [6.07, 6.45) is -4.88. The van der Waals surface area contributed by atoms with Crippen LogP contribution in [0.4, 0.5) is 13.2 Å². The van der Waals surface area contributed by atoms with Crippen LogP contribution in [0.25, 0.3) is 0 Å². The third-order valence-electron chi connectivity index (χ3n) is 3.02. The van der Waals surface area contributed by atoms with Crippen molar-refractivity contribution in [1.29, 1.82) is 0 Å². The van der Waals surface area contributed by atoms with Crippen molar-refractivity contribution in [3.63, 3.8) is 0 Å². The molecule has 1 N–H and O–H groups in total. The highest BCUT2D eigenvalue weighted by molar-refractivity contribution is 5.81. The molecule has 0 bridgehead atoms. The molecule has 2 rings (SSSR count). The van der Waals surface area contributed by atoms with Gasteiger partial charge in [-0.2, -0.15) is 13.2 Å². The van der Waals surface area contributed by atoms with Crippen LogP contribution in [0.2, 0.25) is 0 Å². The lowest BCUT2D eigenvalue weighted by molar-refractivity contribution is -0.268. The van der Waals surface area contributed by atoms with Crippen molar-refractivity contribution in [2.24, 2.45) is 0 Å². The predicted molar refractivity (Wildman–Crippen MR) is 51.3 cm³/mol. The van der Waals surface area contributed by atoms with E-state index < -0.39 is 36.3 Å². The van der Waals surface area contributed by atoms with Crippen molar-refractivity contribution in [2.75, 3.05) is 0 Å². The number of ketones is 1. The van der Waals surface area contributed by atoms with E-state index in [1.807, 2.05) is 0 Å². The molecule has 1 aromatic rings. The van der Waals surface area contributed by atoms with Crippen molar-refractivity contribution in [3.8, 4) is 0 Å². The summed E-state index contributed by atoms with van der Waals surface area (Å²) in [4.78, 5) is 11.3. The Kier molecular flexibility index (Phi) is 2.77. The Bertz CT molecular complexity index is 410. The second-order valence-electron chi connectivity index (χ2n) is 4.37. The molecular formula is C11H11F3O3. The van der Waals surface area contributed by atoms with E-state index in [1.165, 1.54) is 12.3 Å². The molecule has 0 spiro atoms. The van der Waals surface area contributed by atoms with E-state index in [0.717, 1.165) is 0 Å². The fourth-order valence-electron chi connectivity index (χ4n) is 2.17. The molecule has 1 saturated carbocycles. The van der Waals surface area contributed by atoms with Crippen LogP contribution in [-0.2, 0) is 4.79 Å². The summed E-state index contributed by atoms with van der Waals surface area (Å²) in [5, 5.41) is 9.56. The van der Waals surface area contributed by atoms with Gasteiger partial charge in [0, 0.05) is 18.8 Å². The summed E-state index contributed by atoms with van der Waals surface area (Å²) in [5.74, 6) is -1.00. The summed E-state index contributed by atoms with van der Waals surface area (Å²) in [7, 11) is 0. The Labute approximate surface area is 95.2 Å². The molecule has 1 heterocycles. The molecule has 3 nitrogen and oxygen atoms in total. The normalized spacial score (nSPS) is 30.6. The van der Waals surface area contributed by atoms with Gasteiger partial charge in [0.2, 0.25) is 0 Å². The number of rotatable bonds is 1. The third kappa shape index (κ3) is 2.22. The van der Waals surface area contributed by atoms with E-state index in [4.69, 9.17) is 4.42 Å². The van der Waals surface area contributed by atoms with Crippen molar-refractivity contribution in [3.05, 3.63) is 24.2 Å². The molecule has 2 atom stereocenters. The number of carbonyl (C=O) groups is 1. The molecule has 6 heteroatoms. The van der Waals surface area contributed by atoms with Gasteiger partial charge >= 0.3 is 6.18 Å². The van der Waals surface area contributed by atoms with Gasteiger partial charge in [-0.25, -0.2) is 0 Å². The quantitative estimate of drug-likeness (QED) is 0.830. The zero-order valence-electron chi connectivity index (χ0n) is 8.83. The first kappa shape index (κ1) is 12.2. The maximum atomic E-state index is 12.7. The highest BCUT2D eigenvalue weighted by Crippen LogP contribution is 2.45. The van der Waals surface area contributed by atoms with Gasteiger partial charge in [0.05, 0.1) is 6.26 Å². The lowest BCUT2D eigenvalue weighted by Gasteiger charge is -2.36. The van der Waals surface area contributed by atoms with Gasteiger partial charge in [-0.3, -0.25) is 4.79 Å². The number of Topliss-reactive ketones (excluding diaryl/α,β-unsaturated/α-hetero) is 1. The standard InChI is InChI=1S/C11H11F3O3/c12-11(13,14)10(16)5-7(4-8(15)6-10)9-2-1-3-17-9/h1-3,7,16H,4-6H2/t7-,10+/m0/s1. The number of halogens is 3. The smallest absolute Gasteiger partial charge is 0.417 e. The van der Waals surface area contributed by atoms with Crippen LogP contribution in [0.15, 0.2) is 22.8 Å². The highest BCUT2D eigenvalue weighted by atomic mass is 19.4. The zero-order chi connectivity index (χ0) is 12.7. The maximum absolute atomic E-state index is 12.7. The number of hydrogen-bond donors (Lipinski definition) is 1. The Morgan fingerprint density at radius 2 is 2.18 bits per heavy atom. The second kappa shape index (κ2) is 3.87. The van der Waals surface area contributed by atoms with Crippen LogP contribution in [0.5, 0.6) is 0 Å². The SMILES string of the molecule is O=C1C[C@H](c2ccco2)C[C@](O)(C(F)(F)F)C1. The van der Waals surface area contributed by atoms with Gasteiger partial charge in [0.25, 0.3) is 0 Å². The van der Waals surface area contributed by atoms with Crippen molar-refractivity contribution < 1.29 is 27.5 Å². The largest absolute Gasteiger partial charge is 0.469 e. The van der Waals surface area contributed by atoms with Crippen LogP contribution >= 0.6 is 0 Å². The van der Waals surface area contributed by atoms with Crippen LogP contribution in [0, 0.1) is 0 Å². The molecule has 94 valence electrons. The summed E-state index contributed by atoms with van der Waals surface area (Å²) in [6.45, 7) is 0. The Morgan fingerprint density at radius 3 is 2.71 bits per heavy atom. The van der Waals surface area contributed by atoms with Crippen molar-refractivity contribution in [1.82, 2.24) is 0 Å². The van der Waals surface area contributed by atoms with E-state index in [0.29, 0.717) is 5.76 Å². The topological polar surface area (TPSA) is 50.4 Å². The van der Waals surface area contributed by atoms with Crippen LogP contribution in [0.3, 0.4) is 0 Å². The number of alkyl halides is 3. The van der Waals surface area contributed by atoms with E-state index in [9.17, 15) is 23.1 Å². The third-order valence-corrected chi connectivity index (χ3v) is 3.02. The van der Waals surface area contributed by atoms with Gasteiger partial charge in [-0.05, 0) is 18.6 Å². The number of furan rings is 1. The predicted octanol–water partition coefficient (Wildman–Crippen LogP) is 2.41. The first-order chi connectivity index (χ1) is 7.82. The molecule has 0 radical (unpaired) electrons. The summed E-state index contributed by atoms with van der Waals surface area (Å²) >= 11 is 0. The molecule has 0 unspecified atom stereocenters. The van der Waals surface area contributed by atoms with E-state index in [1.54, 1.807) is 6.07 Å². The molecule has 17 heavy (non-hydrogen) atoms. The summed E-state index contributed by atoms with van der Waals surface area (Å²) in [6, 6.07) is 3.06. The summed E-state index contributed by atoms with van der Waals surface area (Å²) in [5.41, 5.74) is -2.93. The van der Waals surface area contributed by atoms with E-state index in [2.05, 4.69) is 0 Å². The zero-order valence-corrected chi connectivity index (χ0v) is 8.83. The van der Waals surface area contributed by atoms with Crippen molar-refractivity contribution in [2.45, 2.75) is 37.0 Å². The van der Waals surface area contributed by atoms with Gasteiger partial charge in [-0.1, -0.05) is 0 Å². The molecule has 1 aliphatic rings. The summed E-state index contributed by atoms with van der Waals surface area (Å²) < 4.78 is 43.0. The monoisotopic (exact) mass is 248 g/mol. The molecule has 1 fully saturated rings. The van der Waals surface area contributed by atoms with Crippen molar-refractivity contribution >= 4 is 5.78 Å². The molecular weight excluding hydrogens is 237 g/mol. The molecule has 0 aliphatic heterocycles. The van der Waals surface area contributed by atoms with Crippen LogP contribution in [0.1, 0.15) is 30.9 Å². The molecule has 1 aromatic heterocycles. The van der Waals surface area contributed by atoms with Crippen LogP contribution in [-0.4, -0.2) is 22.7 Å². The molecule has 0 saturated heterocycles. The Balaban J connectivity index is 2.26.